The van der Waals surface area contributed by atoms with E-state index in [0.717, 1.165) is 11.5 Å². The summed E-state index contributed by atoms with van der Waals surface area (Å²) in [5, 5.41) is 9.44. The minimum atomic E-state index is -1.01. The first-order valence-electron chi connectivity index (χ1n) is 4.87. The van der Waals surface area contributed by atoms with Crippen LogP contribution < -0.4 is 0 Å². The molecule has 0 aliphatic rings. The summed E-state index contributed by atoms with van der Waals surface area (Å²) in [6.07, 6.45) is 2.85. The second kappa shape index (κ2) is 4.58. The van der Waals surface area contributed by atoms with Crippen molar-refractivity contribution >= 4 is 17.7 Å². The summed E-state index contributed by atoms with van der Waals surface area (Å²) in [6.45, 7) is 3.66. The standard InChI is InChI=1S/C11H10N2O3S/c1-6-7(2)16-11(13-6)17-9-3-4-12-5-8(9)10(14)15/h3-5H,1-2H3,(H,14,15). The first-order chi connectivity index (χ1) is 8.08. The molecular formula is C11H10N2O3S. The fraction of sp³-hybridized carbons (Fsp3) is 0.182. The summed E-state index contributed by atoms with van der Waals surface area (Å²) in [5.41, 5.74) is 0.949. The Labute approximate surface area is 102 Å². The van der Waals surface area contributed by atoms with Crippen molar-refractivity contribution in [2.24, 2.45) is 0 Å². The third-order valence-electron chi connectivity index (χ3n) is 2.22. The van der Waals surface area contributed by atoms with Gasteiger partial charge >= 0.3 is 5.97 Å². The number of hydrogen-bond donors (Lipinski definition) is 1. The lowest BCUT2D eigenvalue weighted by atomic mass is 10.3. The van der Waals surface area contributed by atoms with Gasteiger partial charge in [0.15, 0.2) is 0 Å². The van der Waals surface area contributed by atoms with E-state index in [2.05, 4.69) is 9.97 Å². The fourth-order valence-electron chi connectivity index (χ4n) is 1.21. The molecular weight excluding hydrogens is 240 g/mol. The third kappa shape index (κ3) is 2.47. The highest BCUT2D eigenvalue weighted by molar-refractivity contribution is 7.99. The van der Waals surface area contributed by atoms with Crippen molar-refractivity contribution in [3.8, 4) is 0 Å². The Morgan fingerprint density at radius 1 is 1.47 bits per heavy atom. The lowest BCUT2D eigenvalue weighted by Gasteiger charge is -2.00. The molecule has 2 rings (SSSR count). The average molecular weight is 250 g/mol. The number of carbonyl (C=O) groups is 1. The van der Waals surface area contributed by atoms with Gasteiger partial charge in [-0.3, -0.25) is 4.98 Å². The molecule has 2 aromatic rings. The number of rotatable bonds is 3. The molecule has 0 unspecified atom stereocenters. The number of aromatic carboxylic acids is 1. The van der Waals surface area contributed by atoms with E-state index in [4.69, 9.17) is 9.52 Å². The SMILES string of the molecule is Cc1nc(Sc2ccncc2C(=O)O)oc1C. The Bertz CT molecular complexity index is 546. The van der Waals surface area contributed by atoms with Crippen LogP contribution in [-0.2, 0) is 0 Å². The quantitative estimate of drug-likeness (QED) is 0.902. The Kier molecular flexibility index (Phi) is 3.14. The summed E-state index contributed by atoms with van der Waals surface area (Å²) in [5.74, 6) is -0.279. The molecule has 0 radical (unpaired) electrons. The fourth-order valence-corrected chi connectivity index (χ4v) is 2.13. The first-order valence-corrected chi connectivity index (χ1v) is 5.69. The molecule has 2 heterocycles. The van der Waals surface area contributed by atoms with Gasteiger partial charge in [-0.05, 0) is 31.7 Å². The van der Waals surface area contributed by atoms with Crippen molar-refractivity contribution in [3.05, 3.63) is 35.5 Å². The van der Waals surface area contributed by atoms with Crippen molar-refractivity contribution in [2.45, 2.75) is 24.0 Å². The maximum absolute atomic E-state index is 11.0. The van der Waals surface area contributed by atoms with Crippen molar-refractivity contribution in [1.29, 1.82) is 0 Å². The molecule has 0 fully saturated rings. The highest BCUT2D eigenvalue weighted by Gasteiger charge is 2.14. The number of carboxylic acid groups (broad SMARTS) is 1. The van der Waals surface area contributed by atoms with Gasteiger partial charge in [0.05, 0.1) is 11.3 Å². The number of aryl methyl sites for hydroxylation is 2. The molecule has 5 nitrogen and oxygen atoms in total. The molecule has 17 heavy (non-hydrogen) atoms. The highest BCUT2D eigenvalue weighted by Crippen LogP contribution is 2.30. The Balaban J connectivity index is 2.33. The summed E-state index contributed by atoms with van der Waals surface area (Å²) in [6, 6.07) is 1.63. The lowest BCUT2D eigenvalue weighted by molar-refractivity contribution is 0.0692. The molecule has 6 heteroatoms. The Morgan fingerprint density at radius 2 is 2.24 bits per heavy atom. The van der Waals surface area contributed by atoms with E-state index in [1.165, 1.54) is 24.2 Å². The van der Waals surface area contributed by atoms with Gasteiger partial charge in [0.25, 0.3) is 5.22 Å². The molecule has 0 bridgehead atoms. The number of pyridine rings is 1. The van der Waals surface area contributed by atoms with Gasteiger partial charge in [-0.25, -0.2) is 9.78 Å². The lowest BCUT2D eigenvalue weighted by Crippen LogP contribution is -1.99. The zero-order valence-electron chi connectivity index (χ0n) is 9.30. The van der Waals surface area contributed by atoms with Gasteiger partial charge in [0.2, 0.25) is 0 Å². The third-order valence-corrected chi connectivity index (χ3v) is 3.14. The highest BCUT2D eigenvalue weighted by atomic mass is 32.2. The van der Waals surface area contributed by atoms with Gasteiger partial charge in [-0.15, -0.1) is 0 Å². The van der Waals surface area contributed by atoms with Crippen LogP contribution >= 0.6 is 11.8 Å². The van der Waals surface area contributed by atoms with E-state index in [1.807, 2.05) is 13.8 Å². The smallest absolute Gasteiger partial charge is 0.338 e. The summed E-state index contributed by atoms with van der Waals surface area (Å²) in [4.78, 5) is 19.5. The molecule has 0 saturated heterocycles. The van der Waals surface area contributed by atoms with E-state index >= 15 is 0 Å². The van der Waals surface area contributed by atoms with Crippen LogP contribution in [0.25, 0.3) is 0 Å². The van der Waals surface area contributed by atoms with E-state index in [0.29, 0.717) is 10.1 Å². The summed E-state index contributed by atoms with van der Waals surface area (Å²) < 4.78 is 5.39. The zero-order valence-corrected chi connectivity index (χ0v) is 10.1. The molecule has 88 valence electrons. The second-order valence-electron chi connectivity index (χ2n) is 3.40. The molecule has 0 atom stereocenters. The molecule has 0 saturated carbocycles. The van der Waals surface area contributed by atoms with Crippen LogP contribution in [0.5, 0.6) is 0 Å². The number of nitrogens with zero attached hydrogens (tertiary/aromatic N) is 2. The summed E-state index contributed by atoms with van der Waals surface area (Å²) >= 11 is 1.18. The van der Waals surface area contributed by atoms with Crippen LogP contribution in [-0.4, -0.2) is 21.0 Å². The molecule has 1 N–H and O–H groups in total. The van der Waals surface area contributed by atoms with Crippen molar-refractivity contribution in [3.63, 3.8) is 0 Å². The maximum Gasteiger partial charge on any atom is 0.338 e. The minimum absolute atomic E-state index is 0.144. The Morgan fingerprint density at radius 3 is 2.82 bits per heavy atom. The van der Waals surface area contributed by atoms with Crippen LogP contribution in [0.3, 0.4) is 0 Å². The molecule has 0 aliphatic heterocycles. The predicted molar refractivity (Wildman–Crippen MR) is 61.3 cm³/mol. The predicted octanol–water partition coefficient (Wildman–Crippen LogP) is 2.54. The Hall–Kier alpha value is -1.82. The van der Waals surface area contributed by atoms with Crippen LogP contribution in [0, 0.1) is 13.8 Å². The van der Waals surface area contributed by atoms with Crippen molar-refractivity contribution in [2.75, 3.05) is 0 Å². The zero-order chi connectivity index (χ0) is 12.4. The van der Waals surface area contributed by atoms with Gasteiger partial charge < -0.3 is 9.52 Å². The maximum atomic E-state index is 11.0. The minimum Gasteiger partial charge on any atom is -0.478 e. The van der Waals surface area contributed by atoms with Gasteiger partial charge in [-0.1, -0.05) is 0 Å². The van der Waals surface area contributed by atoms with Crippen LogP contribution in [0.15, 0.2) is 33.0 Å². The first kappa shape index (κ1) is 11.7. The second-order valence-corrected chi connectivity index (χ2v) is 4.39. The largest absolute Gasteiger partial charge is 0.478 e. The molecule has 0 spiro atoms. The average Bonchev–Trinajstić information content (AvgIpc) is 2.58. The normalized spacial score (nSPS) is 10.5. The van der Waals surface area contributed by atoms with Gasteiger partial charge in [0, 0.05) is 17.3 Å². The van der Waals surface area contributed by atoms with Crippen LogP contribution in [0.2, 0.25) is 0 Å². The van der Waals surface area contributed by atoms with E-state index in [9.17, 15) is 4.79 Å². The summed E-state index contributed by atoms with van der Waals surface area (Å²) in [7, 11) is 0. The number of hydrogen-bond acceptors (Lipinski definition) is 5. The van der Waals surface area contributed by atoms with E-state index < -0.39 is 5.97 Å². The molecule has 0 amide bonds. The number of oxazole rings is 1. The van der Waals surface area contributed by atoms with Gasteiger partial charge in [0.1, 0.15) is 5.76 Å². The van der Waals surface area contributed by atoms with Crippen molar-refractivity contribution < 1.29 is 14.3 Å². The molecule has 2 aromatic heterocycles. The van der Waals surface area contributed by atoms with Crippen LogP contribution in [0.4, 0.5) is 0 Å². The number of carboxylic acids is 1. The molecule has 0 aromatic carbocycles. The van der Waals surface area contributed by atoms with E-state index in [1.54, 1.807) is 6.07 Å². The van der Waals surface area contributed by atoms with Crippen molar-refractivity contribution in [1.82, 2.24) is 9.97 Å². The monoisotopic (exact) mass is 250 g/mol. The topological polar surface area (TPSA) is 76.2 Å². The van der Waals surface area contributed by atoms with Gasteiger partial charge in [-0.2, -0.15) is 0 Å². The van der Waals surface area contributed by atoms with Crippen LogP contribution in [0.1, 0.15) is 21.8 Å². The number of aromatic nitrogens is 2. The molecule has 0 aliphatic carbocycles. The van der Waals surface area contributed by atoms with E-state index in [-0.39, 0.29) is 5.56 Å².